The molecule has 47 heavy (non-hydrogen) atoms. The highest BCUT2D eigenvalue weighted by atomic mass is 16.5. The van der Waals surface area contributed by atoms with Gasteiger partial charge in [0.05, 0.1) is 11.4 Å². The van der Waals surface area contributed by atoms with Crippen molar-refractivity contribution >= 4 is 10.8 Å². The average molecular weight is 601 g/mol. The van der Waals surface area contributed by atoms with Crippen LogP contribution in [0, 0.1) is 0 Å². The van der Waals surface area contributed by atoms with Crippen molar-refractivity contribution in [2.45, 2.75) is 0 Å². The largest absolute Gasteiger partial charge is 0.456 e. The molecule has 3 nitrogen and oxygen atoms in total. The van der Waals surface area contributed by atoms with Crippen molar-refractivity contribution in [1.82, 2.24) is 9.97 Å². The maximum atomic E-state index is 6.32. The summed E-state index contributed by atoms with van der Waals surface area (Å²) in [5.41, 5.74) is 11.8. The van der Waals surface area contributed by atoms with Crippen LogP contribution >= 0.6 is 0 Å². The predicted molar refractivity (Wildman–Crippen MR) is 192 cm³/mol. The number of fused-ring (bicyclic) bond motifs is 2. The van der Waals surface area contributed by atoms with E-state index in [1.54, 1.807) is 0 Å². The van der Waals surface area contributed by atoms with Gasteiger partial charge in [-0.2, -0.15) is 0 Å². The average Bonchev–Trinajstić information content (AvgIpc) is 3.16. The van der Waals surface area contributed by atoms with E-state index in [0.29, 0.717) is 5.82 Å². The van der Waals surface area contributed by atoms with Gasteiger partial charge in [0.1, 0.15) is 11.5 Å². The second-order valence-electron chi connectivity index (χ2n) is 11.8. The molecule has 0 bridgehead atoms. The summed E-state index contributed by atoms with van der Waals surface area (Å²) in [4.78, 5) is 9.98. The zero-order valence-corrected chi connectivity index (χ0v) is 25.5. The molecule has 220 valence electrons. The van der Waals surface area contributed by atoms with Crippen molar-refractivity contribution in [2.24, 2.45) is 0 Å². The highest BCUT2D eigenvalue weighted by Crippen LogP contribution is 2.47. The minimum absolute atomic E-state index is 0.715. The number of aromatic nitrogens is 2. The number of hydrogen-bond acceptors (Lipinski definition) is 3. The zero-order chi connectivity index (χ0) is 31.2. The van der Waals surface area contributed by atoms with Gasteiger partial charge in [-0.1, -0.05) is 140 Å². The lowest BCUT2D eigenvalue weighted by molar-refractivity contribution is 0.487. The molecule has 3 heteroatoms. The molecule has 1 aliphatic rings. The van der Waals surface area contributed by atoms with Gasteiger partial charge in [0.2, 0.25) is 0 Å². The van der Waals surface area contributed by atoms with Gasteiger partial charge in [-0.05, 0) is 63.5 Å². The third-order valence-corrected chi connectivity index (χ3v) is 8.89. The van der Waals surface area contributed by atoms with Crippen LogP contribution in [0.4, 0.5) is 0 Å². The Morgan fingerprint density at radius 3 is 1.66 bits per heavy atom. The first-order chi connectivity index (χ1) is 23.3. The Morgan fingerprint density at radius 2 is 0.915 bits per heavy atom. The molecule has 0 fully saturated rings. The van der Waals surface area contributed by atoms with Crippen molar-refractivity contribution in [3.05, 3.63) is 170 Å². The van der Waals surface area contributed by atoms with Crippen LogP contribution in [0.5, 0.6) is 11.5 Å². The number of rotatable bonds is 5. The molecule has 7 aromatic carbocycles. The minimum atomic E-state index is 0.715. The van der Waals surface area contributed by atoms with E-state index in [9.17, 15) is 0 Å². The minimum Gasteiger partial charge on any atom is -0.456 e. The lowest BCUT2D eigenvalue weighted by Crippen LogP contribution is -1.97. The van der Waals surface area contributed by atoms with Crippen LogP contribution in [0.1, 0.15) is 0 Å². The van der Waals surface area contributed by atoms with Crippen LogP contribution in [-0.2, 0) is 0 Å². The van der Waals surface area contributed by atoms with Gasteiger partial charge < -0.3 is 4.74 Å². The van der Waals surface area contributed by atoms with Crippen LogP contribution in [-0.4, -0.2) is 9.97 Å². The van der Waals surface area contributed by atoms with Crippen molar-refractivity contribution < 1.29 is 4.74 Å². The van der Waals surface area contributed by atoms with Crippen molar-refractivity contribution in [2.75, 3.05) is 0 Å². The molecule has 0 amide bonds. The fourth-order valence-corrected chi connectivity index (χ4v) is 6.53. The first-order valence-corrected chi connectivity index (χ1v) is 15.8. The maximum Gasteiger partial charge on any atom is 0.160 e. The molecule has 8 aromatic rings. The summed E-state index contributed by atoms with van der Waals surface area (Å²) < 4.78 is 6.32. The fourth-order valence-electron chi connectivity index (χ4n) is 6.53. The van der Waals surface area contributed by atoms with E-state index >= 15 is 0 Å². The Hall–Kier alpha value is -6.32. The van der Waals surface area contributed by atoms with Crippen LogP contribution in [0.2, 0.25) is 0 Å². The smallest absolute Gasteiger partial charge is 0.160 e. The molecule has 0 N–H and O–H groups in total. The molecule has 0 spiro atoms. The van der Waals surface area contributed by atoms with Crippen molar-refractivity contribution in [3.63, 3.8) is 0 Å². The summed E-state index contributed by atoms with van der Waals surface area (Å²) in [6.07, 6.45) is 0. The van der Waals surface area contributed by atoms with E-state index in [4.69, 9.17) is 14.7 Å². The first-order valence-electron chi connectivity index (χ1n) is 15.8. The third kappa shape index (κ3) is 4.95. The number of benzene rings is 7. The normalized spacial score (nSPS) is 11.6. The molecule has 0 atom stereocenters. The lowest BCUT2D eigenvalue weighted by Gasteiger charge is -2.22. The number of ether oxygens (including phenoxy) is 1. The Morgan fingerprint density at radius 1 is 0.340 bits per heavy atom. The van der Waals surface area contributed by atoms with Crippen LogP contribution in [0.25, 0.3) is 78.1 Å². The molecule has 0 saturated heterocycles. The fraction of sp³-hybridized carbons (Fsp3) is 0. The molecule has 0 unspecified atom stereocenters. The number of hydrogen-bond donors (Lipinski definition) is 0. The van der Waals surface area contributed by atoms with E-state index in [-0.39, 0.29) is 0 Å². The highest BCUT2D eigenvalue weighted by Gasteiger charge is 2.20. The zero-order valence-electron chi connectivity index (χ0n) is 25.5. The number of nitrogens with zero attached hydrogens (tertiary/aromatic N) is 2. The molecule has 0 saturated carbocycles. The predicted octanol–water partition coefficient (Wildman–Crippen LogP) is 11.7. The summed E-state index contributed by atoms with van der Waals surface area (Å²) >= 11 is 0. The second-order valence-corrected chi connectivity index (χ2v) is 11.8. The van der Waals surface area contributed by atoms with E-state index in [1.165, 1.54) is 16.3 Å². The van der Waals surface area contributed by atoms with Gasteiger partial charge >= 0.3 is 0 Å². The van der Waals surface area contributed by atoms with Crippen LogP contribution in [0.3, 0.4) is 0 Å². The molecule has 0 radical (unpaired) electrons. The van der Waals surface area contributed by atoms with Gasteiger partial charge in [0.25, 0.3) is 0 Å². The van der Waals surface area contributed by atoms with Gasteiger partial charge in [-0.25, -0.2) is 9.97 Å². The summed E-state index contributed by atoms with van der Waals surface area (Å²) in [6.45, 7) is 0. The Bertz CT molecular complexity index is 2350. The van der Waals surface area contributed by atoms with Gasteiger partial charge in [0, 0.05) is 27.6 Å². The van der Waals surface area contributed by atoms with Crippen molar-refractivity contribution in [3.8, 4) is 78.8 Å². The van der Waals surface area contributed by atoms with Crippen LogP contribution < -0.4 is 4.74 Å². The molecule has 9 rings (SSSR count). The van der Waals surface area contributed by atoms with Crippen molar-refractivity contribution in [1.29, 1.82) is 0 Å². The van der Waals surface area contributed by atoms with E-state index in [2.05, 4.69) is 127 Å². The summed E-state index contributed by atoms with van der Waals surface area (Å²) in [6, 6.07) is 59.1. The standard InChI is InChI=1S/C44H28N2O/c1-3-10-31(11-4-1)39-28-40(46-44(45-39)33-12-5-2-6-13-33)36-17-7-16-34(26-36)29-20-22-30(23-21-29)35-24-25-41-38(27-35)37-18-8-14-32-15-9-19-42(47-41)43(32)37/h1-28H. The van der Waals surface area contributed by atoms with Gasteiger partial charge in [-0.3, -0.25) is 0 Å². The highest BCUT2D eigenvalue weighted by molar-refractivity contribution is 6.04. The van der Waals surface area contributed by atoms with E-state index in [0.717, 1.165) is 67.4 Å². The Labute approximate surface area is 273 Å². The summed E-state index contributed by atoms with van der Waals surface area (Å²) in [5.74, 6) is 2.52. The Kier molecular flexibility index (Phi) is 6.46. The third-order valence-electron chi connectivity index (χ3n) is 8.89. The quantitative estimate of drug-likeness (QED) is 0.197. The molecule has 1 aliphatic heterocycles. The maximum absolute atomic E-state index is 6.32. The Balaban J connectivity index is 1.06. The molecule has 0 aliphatic carbocycles. The summed E-state index contributed by atoms with van der Waals surface area (Å²) in [7, 11) is 0. The molecule has 2 heterocycles. The SMILES string of the molecule is c1ccc(-c2cc(-c3cccc(-c4ccc(-c5ccc6c(c5)-c5cccc7cccc(c57)O6)cc4)c3)nc(-c3ccccc3)n2)cc1. The molecular weight excluding hydrogens is 572 g/mol. The van der Waals surface area contributed by atoms with Gasteiger partial charge in [0.15, 0.2) is 5.82 Å². The van der Waals surface area contributed by atoms with E-state index in [1.807, 2.05) is 42.5 Å². The van der Waals surface area contributed by atoms with Gasteiger partial charge in [-0.15, -0.1) is 0 Å². The lowest BCUT2D eigenvalue weighted by atomic mass is 9.92. The molecular formula is C44H28N2O. The summed E-state index contributed by atoms with van der Waals surface area (Å²) in [5, 5.41) is 2.36. The second kappa shape index (κ2) is 11.2. The monoisotopic (exact) mass is 600 g/mol. The topological polar surface area (TPSA) is 35.0 Å². The van der Waals surface area contributed by atoms with Crippen LogP contribution in [0.15, 0.2) is 170 Å². The first kappa shape index (κ1) is 27.0. The van der Waals surface area contributed by atoms with E-state index < -0.39 is 0 Å². The molecule has 1 aromatic heterocycles.